The van der Waals surface area contributed by atoms with Gasteiger partial charge in [-0.2, -0.15) is 0 Å². The first-order chi connectivity index (χ1) is 12.8. The van der Waals surface area contributed by atoms with Crippen LogP contribution in [0.15, 0.2) is 36.5 Å². The van der Waals surface area contributed by atoms with Gasteiger partial charge < -0.3 is 15.1 Å². The summed E-state index contributed by atoms with van der Waals surface area (Å²) >= 11 is 11.8. The molecule has 0 aliphatic heterocycles. The Hall–Kier alpha value is -2.31. The van der Waals surface area contributed by atoms with Gasteiger partial charge in [0.05, 0.1) is 22.2 Å². The molecule has 2 rings (SSSR count). The van der Waals surface area contributed by atoms with Gasteiger partial charge >= 0.3 is 0 Å². The summed E-state index contributed by atoms with van der Waals surface area (Å²) < 4.78 is 0. The molecule has 0 saturated carbocycles. The van der Waals surface area contributed by atoms with Crippen molar-refractivity contribution in [3.05, 3.63) is 52.1 Å². The minimum absolute atomic E-state index is 0.100. The van der Waals surface area contributed by atoms with E-state index in [4.69, 9.17) is 23.2 Å². The molecule has 0 aliphatic rings. The van der Waals surface area contributed by atoms with Crippen molar-refractivity contribution in [1.29, 1.82) is 0 Å². The molecule has 0 radical (unpaired) electrons. The predicted octanol–water partition coefficient (Wildman–Crippen LogP) is 3.95. The van der Waals surface area contributed by atoms with Crippen molar-refractivity contribution in [3.8, 4) is 0 Å². The molecule has 1 aromatic heterocycles. The number of amides is 2. The van der Waals surface area contributed by atoms with Crippen molar-refractivity contribution >= 4 is 46.5 Å². The fraction of sp³-hybridized carbons (Fsp3) is 0.316. The second-order valence-corrected chi connectivity index (χ2v) is 6.73. The highest BCUT2D eigenvalue weighted by Gasteiger charge is 2.16. The number of anilines is 2. The smallest absolute Gasteiger partial charge is 0.255 e. The SMILES string of the molecule is CCN(CC)c1ccc(C(=O)N(C)CC(=O)Nc2ccc(Cl)c(Cl)c2)cn1. The molecule has 1 aromatic carbocycles. The second kappa shape index (κ2) is 9.58. The van der Waals surface area contributed by atoms with Crippen molar-refractivity contribution in [1.82, 2.24) is 9.88 Å². The number of pyridine rings is 1. The van der Waals surface area contributed by atoms with Crippen molar-refractivity contribution in [2.45, 2.75) is 13.8 Å². The number of carbonyl (C=O) groups is 2. The lowest BCUT2D eigenvalue weighted by Crippen LogP contribution is -2.35. The van der Waals surface area contributed by atoms with Crippen LogP contribution in [0.3, 0.4) is 0 Å². The number of halogens is 2. The van der Waals surface area contributed by atoms with Crippen LogP contribution in [0.1, 0.15) is 24.2 Å². The first-order valence-corrected chi connectivity index (χ1v) is 9.32. The van der Waals surface area contributed by atoms with Crippen LogP contribution < -0.4 is 10.2 Å². The van der Waals surface area contributed by atoms with Gasteiger partial charge in [0.15, 0.2) is 0 Å². The molecule has 1 N–H and O–H groups in total. The van der Waals surface area contributed by atoms with E-state index in [2.05, 4.69) is 15.2 Å². The minimum atomic E-state index is -0.336. The van der Waals surface area contributed by atoms with Crippen molar-refractivity contribution < 1.29 is 9.59 Å². The van der Waals surface area contributed by atoms with Gasteiger partial charge in [-0.25, -0.2) is 4.98 Å². The van der Waals surface area contributed by atoms with Gasteiger partial charge in [0.25, 0.3) is 5.91 Å². The number of rotatable bonds is 7. The van der Waals surface area contributed by atoms with Crippen LogP contribution >= 0.6 is 23.2 Å². The zero-order chi connectivity index (χ0) is 20.0. The van der Waals surface area contributed by atoms with E-state index in [1.54, 1.807) is 31.3 Å². The molecular formula is C19H22Cl2N4O2. The average Bonchev–Trinajstić information content (AvgIpc) is 2.65. The van der Waals surface area contributed by atoms with E-state index < -0.39 is 0 Å². The van der Waals surface area contributed by atoms with E-state index in [0.29, 0.717) is 21.3 Å². The third kappa shape index (κ3) is 5.58. The molecular weight excluding hydrogens is 387 g/mol. The summed E-state index contributed by atoms with van der Waals surface area (Å²) in [5.41, 5.74) is 0.941. The Labute approximate surface area is 169 Å². The van der Waals surface area contributed by atoms with Crippen molar-refractivity contribution in [2.24, 2.45) is 0 Å². The average molecular weight is 409 g/mol. The van der Waals surface area contributed by atoms with E-state index in [-0.39, 0.29) is 18.4 Å². The lowest BCUT2D eigenvalue weighted by molar-refractivity contribution is -0.116. The van der Waals surface area contributed by atoms with Gasteiger partial charge in [-0.15, -0.1) is 0 Å². The van der Waals surface area contributed by atoms with E-state index >= 15 is 0 Å². The quantitative estimate of drug-likeness (QED) is 0.752. The third-order valence-corrected chi connectivity index (χ3v) is 4.75. The Morgan fingerprint density at radius 2 is 1.78 bits per heavy atom. The number of nitrogens with zero attached hydrogens (tertiary/aromatic N) is 3. The van der Waals surface area contributed by atoms with Crippen LogP contribution in [0.2, 0.25) is 10.0 Å². The summed E-state index contributed by atoms with van der Waals surface area (Å²) in [7, 11) is 1.56. The number of carbonyl (C=O) groups excluding carboxylic acids is 2. The molecule has 8 heteroatoms. The first kappa shape index (κ1) is 21.0. The normalized spacial score (nSPS) is 10.4. The van der Waals surface area contributed by atoms with E-state index in [1.165, 1.54) is 11.1 Å². The Balaban J connectivity index is 1.98. The molecule has 0 aliphatic carbocycles. The number of aromatic nitrogens is 1. The molecule has 0 spiro atoms. The van der Waals surface area contributed by atoms with Crippen LogP contribution in [-0.4, -0.2) is 48.4 Å². The van der Waals surface area contributed by atoms with Crippen LogP contribution in [0.4, 0.5) is 11.5 Å². The second-order valence-electron chi connectivity index (χ2n) is 5.92. The molecule has 6 nitrogen and oxygen atoms in total. The monoisotopic (exact) mass is 408 g/mol. The number of hydrogen-bond donors (Lipinski definition) is 1. The maximum atomic E-state index is 12.5. The van der Waals surface area contributed by atoms with Gasteiger partial charge in [-0.05, 0) is 44.2 Å². The van der Waals surface area contributed by atoms with E-state index in [9.17, 15) is 9.59 Å². The van der Waals surface area contributed by atoms with Gasteiger partial charge in [0.1, 0.15) is 5.82 Å². The number of likely N-dealkylation sites (N-methyl/N-ethyl adjacent to an activating group) is 1. The third-order valence-electron chi connectivity index (χ3n) is 4.01. The van der Waals surface area contributed by atoms with Crippen LogP contribution in [0.5, 0.6) is 0 Å². The number of benzene rings is 1. The molecule has 2 amide bonds. The standard InChI is InChI=1S/C19H22Cl2N4O2/c1-4-25(5-2)17-9-6-13(11-22-17)19(27)24(3)12-18(26)23-14-7-8-15(20)16(21)10-14/h6-11H,4-5,12H2,1-3H3,(H,23,26). The lowest BCUT2D eigenvalue weighted by atomic mass is 10.2. The predicted molar refractivity (Wildman–Crippen MR) is 110 cm³/mol. The summed E-state index contributed by atoms with van der Waals surface area (Å²) in [6.07, 6.45) is 1.53. The summed E-state index contributed by atoms with van der Waals surface area (Å²) in [4.78, 5) is 32.4. The maximum absolute atomic E-state index is 12.5. The summed E-state index contributed by atoms with van der Waals surface area (Å²) in [5, 5.41) is 3.44. The molecule has 144 valence electrons. The van der Waals surface area contributed by atoms with Crippen LogP contribution in [0, 0.1) is 0 Å². The molecule has 0 fully saturated rings. The zero-order valence-electron chi connectivity index (χ0n) is 15.5. The highest BCUT2D eigenvalue weighted by atomic mass is 35.5. The molecule has 1 heterocycles. The molecule has 0 saturated heterocycles. The fourth-order valence-electron chi connectivity index (χ4n) is 2.53. The Morgan fingerprint density at radius 1 is 1.07 bits per heavy atom. The summed E-state index contributed by atoms with van der Waals surface area (Å²) in [5.74, 6) is 0.200. The topological polar surface area (TPSA) is 65.5 Å². The Bertz CT molecular complexity index is 808. The van der Waals surface area contributed by atoms with E-state index in [0.717, 1.165) is 18.9 Å². The Kier molecular flexibility index (Phi) is 7.45. The van der Waals surface area contributed by atoms with Crippen molar-refractivity contribution in [2.75, 3.05) is 36.9 Å². The lowest BCUT2D eigenvalue weighted by Gasteiger charge is -2.20. The minimum Gasteiger partial charge on any atom is -0.357 e. The van der Waals surface area contributed by atoms with Gasteiger partial charge in [-0.3, -0.25) is 9.59 Å². The van der Waals surface area contributed by atoms with Crippen molar-refractivity contribution in [3.63, 3.8) is 0 Å². The molecule has 2 aromatic rings. The van der Waals surface area contributed by atoms with Gasteiger partial charge in [0, 0.05) is 32.0 Å². The fourth-order valence-corrected chi connectivity index (χ4v) is 2.83. The van der Waals surface area contributed by atoms with Gasteiger partial charge in [0.2, 0.25) is 5.91 Å². The van der Waals surface area contributed by atoms with Crippen LogP contribution in [0.25, 0.3) is 0 Å². The Morgan fingerprint density at radius 3 is 2.33 bits per heavy atom. The summed E-state index contributed by atoms with van der Waals surface area (Å²) in [6, 6.07) is 8.32. The maximum Gasteiger partial charge on any atom is 0.255 e. The molecule has 0 unspecified atom stereocenters. The molecule has 27 heavy (non-hydrogen) atoms. The number of hydrogen-bond acceptors (Lipinski definition) is 4. The van der Waals surface area contributed by atoms with E-state index in [1.807, 2.05) is 19.9 Å². The summed E-state index contributed by atoms with van der Waals surface area (Å²) in [6.45, 7) is 5.67. The zero-order valence-corrected chi connectivity index (χ0v) is 17.0. The first-order valence-electron chi connectivity index (χ1n) is 8.57. The highest BCUT2D eigenvalue weighted by Crippen LogP contribution is 2.25. The number of nitrogens with one attached hydrogen (secondary N) is 1. The molecule has 0 atom stereocenters. The highest BCUT2D eigenvalue weighted by molar-refractivity contribution is 6.42. The molecule has 0 bridgehead atoms. The van der Waals surface area contributed by atoms with Gasteiger partial charge in [-0.1, -0.05) is 23.2 Å². The van der Waals surface area contributed by atoms with Crippen LogP contribution in [-0.2, 0) is 4.79 Å². The largest absolute Gasteiger partial charge is 0.357 e.